The van der Waals surface area contributed by atoms with Gasteiger partial charge in [0.1, 0.15) is 5.75 Å². The molecule has 0 saturated carbocycles. The number of nitrogens with zero attached hydrogens (tertiary/aromatic N) is 1. The van der Waals surface area contributed by atoms with Crippen molar-refractivity contribution in [1.29, 1.82) is 0 Å². The summed E-state index contributed by atoms with van der Waals surface area (Å²) >= 11 is 1.16. The van der Waals surface area contributed by atoms with Crippen molar-refractivity contribution in [2.24, 2.45) is 7.05 Å². The Hall–Kier alpha value is -2.60. The highest BCUT2D eigenvalue weighted by molar-refractivity contribution is 7.16. The van der Waals surface area contributed by atoms with Crippen LogP contribution in [0.4, 0.5) is 5.69 Å². The third kappa shape index (κ3) is 3.33. The van der Waals surface area contributed by atoms with Gasteiger partial charge in [0.2, 0.25) is 0 Å². The summed E-state index contributed by atoms with van der Waals surface area (Å²) in [7, 11) is 1.73. The van der Waals surface area contributed by atoms with Gasteiger partial charge in [-0.05, 0) is 55.3 Å². The van der Waals surface area contributed by atoms with Crippen LogP contribution >= 0.6 is 11.3 Å². The third-order valence-electron chi connectivity index (χ3n) is 3.92. The molecule has 1 heterocycles. The molecular formula is C18H18N2O3S. The Labute approximate surface area is 143 Å². The minimum absolute atomic E-state index is 0.0217. The van der Waals surface area contributed by atoms with Crippen LogP contribution in [0, 0.1) is 13.8 Å². The molecule has 1 aromatic heterocycles. The topological polar surface area (TPSA) is 60.3 Å². The lowest BCUT2D eigenvalue weighted by molar-refractivity contribution is -0.118. The molecule has 124 valence electrons. The zero-order chi connectivity index (χ0) is 17.3. The van der Waals surface area contributed by atoms with Crippen molar-refractivity contribution in [2.45, 2.75) is 13.8 Å². The Balaban J connectivity index is 1.66. The maximum Gasteiger partial charge on any atom is 0.307 e. The molecule has 1 amide bonds. The first kappa shape index (κ1) is 16.3. The molecule has 2 aromatic carbocycles. The Kier molecular flexibility index (Phi) is 4.40. The molecule has 5 nitrogen and oxygen atoms in total. The van der Waals surface area contributed by atoms with E-state index in [1.807, 2.05) is 38.1 Å². The van der Waals surface area contributed by atoms with Crippen LogP contribution in [0.25, 0.3) is 10.2 Å². The lowest BCUT2D eigenvalue weighted by Gasteiger charge is -2.09. The van der Waals surface area contributed by atoms with E-state index in [2.05, 4.69) is 5.32 Å². The minimum atomic E-state index is -0.240. The van der Waals surface area contributed by atoms with E-state index in [9.17, 15) is 9.59 Å². The quantitative estimate of drug-likeness (QED) is 0.792. The summed E-state index contributed by atoms with van der Waals surface area (Å²) in [6.45, 7) is 3.97. The van der Waals surface area contributed by atoms with Gasteiger partial charge in [-0.15, -0.1) is 0 Å². The van der Waals surface area contributed by atoms with Crippen molar-refractivity contribution >= 4 is 33.1 Å². The molecule has 6 heteroatoms. The van der Waals surface area contributed by atoms with Gasteiger partial charge in [-0.1, -0.05) is 17.4 Å². The average Bonchev–Trinajstić information content (AvgIpc) is 2.83. The molecule has 1 N–H and O–H groups in total. The summed E-state index contributed by atoms with van der Waals surface area (Å²) < 4.78 is 7.96. The van der Waals surface area contributed by atoms with Crippen LogP contribution in [0.1, 0.15) is 11.1 Å². The number of fused-ring (bicyclic) bond motifs is 1. The SMILES string of the molecule is Cc1ccc(OCC(=O)Nc2ccc3c(c2)sc(=O)n3C)cc1C. The van der Waals surface area contributed by atoms with Crippen LogP contribution in [-0.4, -0.2) is 17.1 Å². The number of anilines is 1. The van der Waals surface area contributed by atoms with Gasteiger partial charge in [-0.2, -0.15) is 0 Å². The number of thiazole rings is 1. The van der Waals surface area contributed by atoms with E-state index < -0.39 is 0 Å². The zero-order valence-electron chi connectivity index (χ0n) is 13.8. The number of nitrogens with one attached hydrogen (secondary N) is 1. The second-order valence-electron chi connectivity index (χ2n) is 5.69. The third-order valence-corrected chi connectivity index (χ3v) is 4.92. The molecule has 3 rings (SSSR count). The first-order valence-electron chi connectivity index (χ1n) is 7.53. The molecule has 0 saturated heterocycles. The number of benzene rings is 2. The number of amides is 1. The Morgan fingerprint density at radius 2 is 1.96 bits per heavy atom. The molecule has 0 radical (unpaired) electrons. The summed E-state index contributed by atoms with van der Waals surface area (Å²) in [6, 6.07) is 11.1. The van der Waals surface area contributed by atoms with E-state index in [0.29, 0.717) is 11.4 Å². The van der Waals surface area contributed by atoms with Crippen LogP contribution in [-0.2, 0) is 11.8 Å². The molecule has 0 aliphatic heterocycles. The molecule has 0 fully saturated rings. The van der Waals surface area contributed by atoms with Gasteiger partial charge < -0.3 is 14.6 Å². The summed E-state index contributed by atoms with van der Waals surface area (Å²) in [4.78, 5) is 23.7. The van der Waals surface area contributed by atoms with Crippen LogP contribution in [0.15, 0.2) is 41.2 Å². The van der Waals surface area contributed by atoms with E-state index in [0.717, 1.165) is 27.1 Å². The van der Waals surface area contributed by atoms with E-state index in [4.69, 9.17) is 4.74 Å². The van der Waals surface area contributed by atoms with Gasteiger partial charge in [0.25, 0.3) is 5.91 Å². The normalized spacial score (nSPS) is 10.8. The van der Waals surface area contributed by atoms with Gasteiger partial charge in [0.15, 0.2) is 6.61 Å². The number of hydrogen-bond donors (Lipinski definition) is 1. The molecule has 0 spiro atoms. The first-order valence-corrected chi connectivity index (χ1v) is 8.35. The Morgan fingerprint density at radius 3 is 2.71 bits per heavy atom. The second kappa shape index (κ2) is 6.49. The highest BCUT2D eigenvalue weighted by atomic mass is 32.1. The molecule has 0 atom stereocenters. The van der Waals surface area contributed by atoms with Gasteiger partial charge in [-0.3, -0.25) is 9.59 Å². The van der Waals surface area contributed by atoms with Gasteiger partial charge in [0, 0.05) is 12.7 Å². The largest absolute Gasteiger partial charge is 0.484 e. The number of carbonyl (C=O) groups is 1. The minimum Gasteiger partial charge on any atom is -0.484 e. The lowest BCUT2D eigenvalue weighted by atomic mass is 10.1. The Morgan fingerprint density at radius 1 is 1.17 bits per heavy atom. The summed E-state index contributed by atoms with van der Waals surface area (Å²) in [5.41, 5.74) is 3.81. The summed E-state index contributed by atoms with van der Waals surface area (Å²) in [6.07, 6.45) is 0. The highest BCUT2D eigenvalue weighted by Gasteiger charge is 2.08. The zero-order valence-corrected chi connectivity index (χ0v) is 14.6. The average molecular weight is 342 g/mol. The number of aryl methyl sites for hydroxylation is 3. The van der Waals surface area contributed by atoms with Crippen molar-refractivity contribution in [3.63, 3.8) is 0 Å². The first-order chi connectivity index (χ1) is 11.4. The maximum absolute atomic E-state index is 12.0. The number of aromatic nitrogens is 1. The number of hydrogen-bond acceptors (Lipinski definition) is 4. The summed E-state index contributed by atoms with van der Waals surface area (Å²) in [5.74, 6) is 0.431. The molecule has 24 heavy (non-hydrogen) atoms. The van der Waals surface area contributed by atoms with Gasteiger partial charge in [-0.25, -0.2) is 0 Å². The number of ether oxygens (including phenoxy) is 1. The van der Waals surface area contributed by atoms with Crippen LogP contribution in [0.5, 0.6) is 5.75 Å². The molecule has 3 aromatic rings. The fraction of sp³-hybridized carbons (Fsp3) is 0.222. The van der Waals surface area contributed by atoms with Gasteiger partial charge in [0.05, 0.1) is 10.2 Å². The van der Waals surface area contributed by atoms with Gasteiger partial charge >= 0.3 is 4.87 Å². The number of carbonyl (C=O) groups excluding carboxylic acids is 1. The molecule has 0 aliphatic rings. The maximum atomic E-state index is 12.0. The molecule has 0 aliphatic carbocycles. The van der Waals surface area contributed by atoms with Crippen LogP contribution < -0.4 is 14.9 Å². The standard InChI is InChI=1S/C18H18N2O3S/c1-11-4-6-14(8-12(11)2)23-10-17(21)19-13-5-7-15-16(9-13)24-18(22)20(15)3/h4-9H,10H2,1-3H3,(H,19,21). The van der Waals surface area contributed by atoms with E-state index in [1.54, 1.807) is 23.7 Å². The number of rotatable bonds is 4. The van der Waals surface area contributed by atoms with Crippen molar-refractivity contribution in [2.75, 3.05) is 11.9 Å². The molecular weight excluding hydrogens is 324 g/mol. The predicted octanol–water partition coefficient (Wildman–Crippen LogP) is 3.23. The highest BCUT2D eigenvalue weighted by Crippen LogP contribution is 2.21. The lowest BCUT2D eigenvalue weighted by Crippen LogP contribution is -2.20. The van der Waals surface area contributed by atoms with Crippen molar-refractivity contribution in [1.82, 2.24) is 4.57 Å². The monoisotopic (exact) mass is 342 g/mol. The van der Waals surface area contributed by atoms with Crippen molar-refractivity contribution in [3.8, 4) is 5.75 Å². The fourth-order valence-corrected chi connectivity index (χ4v) is 3.28. The van der Waals surface area contributed by atoms with Crippen LogP contribution in [0.3, 0.4) is 0 Å². The van der Waals surface area contributed by atoms with E-state index in [-0.39, 0.29) is 17.4 Å². The van der Waals surface area contributed by atoms with E-state index in [1.165, 1.54) is 5.56 Å². The summed E-state index contributed by atoms with van der Waals surface area (Å²) in [5, 5.41) is 2.79. The smallest absolute Gasteiger partial charge is 0.307 e. The van der Waals surface area contributed by atoms with Crippen LogP contribution in [0.2, 0.25) is 0 Å². The fourth-order valence-electron chi connectivity index (χ4n) is 2.36. The molecule has 0 unspecified atom stereocenters. The predicted molar refractivity (Wildman–Crippen MR) is 97.1 cm³/mol. The second-order valence-corrected chi connectivity index (χ2v) is 6.69. The van der Waals surface area contributed by atoms with Crippen molar-refractivity contribution < 1.29 is 9.53 Å². The molecule has 0 bridgehead atoms. The van der Waals surface area contributed by atoms with E-state index >= 15 is 0 Å². The Bertz CT molecular complexity index is 972. The van der Waals surface area contributed by atoms with Crippen molar-refractivity contribution in [3.05, 3.63) is 57.2 Å².